The lowest BCUT2D eigenvalue weighted by Gasteiger charge is -2.11. The van der Waals surface area contributed by atoms with E-state index in [4.69, 9.17) is 5.11 Å². The van der Waals surface area contributed by atoms with E-state index in [0.717, 1.165) is 18.3 Å². The molecule has 0 radical (unpaired) electrons. The zero-order valence-corrected chi connectivity index (χ0v) is 11.5. The highest BCUT2D eigenvalue weighted by molar-refractivity contribution is 5.94. The van der Waals surface area contributed by atoms with Crippen molar-refractivity contribution in [2.45, 2.75) is 6.18 Å². The molecule has 0 aliphatic carbocycles. The van der Waals surface area contributed by atoms with Crippen LogP contribution in [0.3, 0.4) is 0 Å². The molecule has 10 heteroatoms. The average Bonchev–Trinajstić information content (AvgIpc) is 2.92. The highest BCUT2D eigenvalue weighted by Crippen LogP contribution is 2.33. The first-order valence-corrected chi connectivity index (χ1v) is 6.33. The van der Waals surface area contributed by atoms with E-state index in [9.17, 15) is 26.7 Å². The minimum Gasteiger partial charge on any atom is -0.477 e. The number of nitrogens with zero attached hydrogens (tertiary/aromatic N) is 3. The molecule has 0 aliphatic heterocycles. The lowest BCUT2D eigenvalue weighted by Crippen LogP contribution is -2.14. The zero-order chi connectivity index (χ0) is 17.6. The molecule has 5 nitrogen and oxygen atoms in total. The van der Waals surface area contributed by atoms with Crippen molar-refractivity contribution in [3.05, 3.63) is 53.4 Å². The van der Waals surface area contributed by atoms with Gasteiger partial charge in [-0.25, -0.2) is 23.1 Å². The number of halogens is 5. The number of benzene rings is 1. The topological polar surface area (TPSA) is 67.5 Å². The fourth-order valence-corrected chi connectivity index (χ4v) is 2.12. The molecule has 0 saturated heterocycles. The maximum Gasteiger partial charge on any atom is 0.433 e. The minimum atomic E-state index is -4.86. The number of alkyl halides is 3. The van der Waals surface area contributed by atoms with Crippen molar-refractivity contribution >= 4 is 11.6 Å². The normalized spacial score (nSPS) is 11.9. The number of aromatic carboxylic acids is 1. The molecule has 0 unspecified atom stereocenters. The van der Waals surface area contributed by atoms with Crippen molar-refractivity contribution < 1.29 is 31.9 Å². The van der Waals surface area contributed by atoms with Crippen LogP contribution in [-0.4, -0.2) is 25.7 Å². The predicted molar refractivity (Wildman–Crippen MR) is 70.3 cm³/mol. The Kier molecular flexibility index (Phi) is 3.47. The van der Waals surface area contributed by atoms with Gasteiger partial charge in [0.05, 0.1) is 11.9 Å². The second-order valence-electron chi connectivity index (χ2n) is 4.75. The smallest absolute Gasteiger partial charge is 0.433 e. The van der Waals surface area contributed by atoms with Crippen LogP contribution < -0.4 is 0 Å². The molecule has 0 atom stereocenters. The molecule has 0 amide bonds. The number of carboxylic acid groups (broad SMARTS) is 1. The number of hydrogen-bond donors (Lipinski definition) is 1. The summed E-state index contributed by atoms with van der Waals surface area (Å²) in [5, 5.41) is 12.4. The van der Waals surface area contributed by atoms with Crippen molar-refractivity contribution in [1.82, 2.24) is 14.6 Å². The van der Waals surface area contributed by atoms with Crippen LogP contribution in [0.1, 0.15) is 16.1 Å². The van der Waals surface area contributed by atoms with Gasteiger partial charge in [-0.1, -0.05) is 0 Å². The number of carboxylic acids is 1. The van der Waals surface area contributed by atoms with E-state index >= 15 is 0 Å². The Morgan fingerprint density at radius 2 is 1.83 bits per heavy atom. The molecule has 1 aromatic carbocycles. The third kappa shape index (κ3) is 2.55. The summed E-state index contributed by atoms with van der Waals surface area (Å²) in [6.07, 6.45) is -4.13. The summed E-state index contributed by atoms with van der Waals surface area (Å²) in [5.41, 5.74) is -2.90. The van der Waals surface area contributed by atoms with Crippen molar-refractivity contribution in [3.63, 3.8) is 0 Å². The number of carbonyl (C=O) groups is 1. The van der Waals surface area contributed by atoms with E-state index in [1.165, 1.54) is 0 Å². The Labute approximate surface area is 130 Å². The summed E-state index contributed by atoms with van der Waals surface area (Å²) in [4.78, 5) is 14.9. The van der Waals surface area contributed by atoms with Crippen LogP contribution in [0.2, 0.25) is 0 Å². The summed E-state index contributed by atoms with van der Waals surface area (Å²) < 4.78 is 66.2. The molecule has 0 fully saturated rings. The van der Waals surface area contributed by atoms with Gasteiger partial charge in [0.2, 0.25) is 0 Å². The quantitative estimate of drug-likeness (QED) is 0.725. The molecule has 0 bridgehead atoms. The molecule has 3 aromatic rings. The van der Waals surface area contributed by atoms with E-state index in [1.54, 1.807) is 0 Å². The van der Waals surface area contributed by atoms with Crippen LogP contribution in [0.15, 0.2) is 30.5 Å². The Hall–Kier alpha value is -3.04. The van der Waals surface area contributed by atoms with Crippen LogP contribution >= 0.6 is 0 Å². The van der Waals surface area contributed by atoms with Gasteiger partial charge in [0.1, 0.15) is 5.56 Å². The molecular weight excluding hydrogens is 337 g/mol. The van der Waals surface area contributed by atoms with Crippen LogP contribution in [0, 0.1) is 11.6 Å². The summed E-state index contributed by atoms with van der Waals surface area (Å²) in [7, 11) is 0. The maximum atomic E-state index is 13.3. The van der Waals surface area contributed by atoms with Gasteiger partial charge in [-0.2, -0.15) is 18.3 Å². The summed E-state index contributed by atoms with van der Waals surface area (Å²) in [6, 6.07) is 3.02. The molecule has 0 saturated carbocycles. The molecule has 2 heterocycles. The largest absolute Gasteiger partial charge is 0.477 e. The van der Waals surface area contributed by atoms with Crippen molar-refractivity contribution in [1.29, 1.82) is 0 Å². The molecule has 0 spiro atoms. The van der Waals surface area contributed by atoms with Gasteiger partial charge in [-0.15, -0.1) is 0 Å². The van der Waals surface area contributed by atoms with Gasteiger partial charge < -0.3 is 5.11 Å². The first-order chi connectivity index (χ1) is 11.2. The molecule has 24 heavy (non-hydrogen) atoms. The zero-order valence-electron chi connectivity index (χ0n) is 11.5. The van der Waals surface area contributed by atoms with Crippen LogP contribution in [0.5, 0.6) is 0 Å². The first kappa shape index (κ1) is 15.8. The Bertz CT molecular complexity index is 965. The maximum absolute atomic E-state index is 13.3. The van der Waals surface area contributed by atoms with E-state index in [1.807, 2.05) is 0 Å². The van der Waals surface area contributed by atoms with Gasteiger partial charge in [-0.3, -0.25) is 0 Å². The lowest BCUT2D eigenvalue weighted by molar-refractivity contribution is -0.142. The van der Waals surface area contributed by atoms with E-state index in [2.05, 4.69) is 10.1 Å². The van der Waals surface area contributed by atoms with Gasteiger partial charge in [0.15, 0.2) is 23.0 Å². The predicted octanol–water partition coefficient (Wildman–Crippen LogP) is 3.39. The average molecular weight is 343 g/mol. The standard InChI is InChI=1S/C14H6F5N3O2/c15-8-2-1-6(3-9(8)16)10-4-11(14(17,18)19)22-12(21-10)7(5-20-22)13(23)24/h1-5H,(H,23,24). The minimum absolute atomic E-state index is 0.139. The van der Waals surface area contributed by atoms with E-state index in [-0.39, 0.29) is 11.3 Å². The van der Waals surface area contributed by atoms with Crippen molar-refractivity contribution in [3.8, 4) is 11.3 Å². The van der Waals surface area contributed by atoms with Crippen molar-refractivity contribution in [2.24, 2.45) is 0 Å². The number of aromatic nitrogens is 3. The van der Waals surface area contributed by atoms with Crippen LogP contribution in [0.25, 0.3) is 16.9 Å². The first-order valence-electron chi connectivity index (χ1n) is 6.33. The third-order valence-corrected chi connectivity index (χ3v) is 3.21. The summed E-state index contributed by atoms with van der Waals surface area (Å²) >= 11 is 0. The Balaban J connectivity index is 2.34. The number of rotatable bonds is 2. The molecular formula is C14H6F5N3O2. The molecule has 2 aromatic heterocycles. The Morgan fingerprint density at radius 1 is 1.12 bits per heavy atom. The fraction of sp³-hybridized carbons (Fsp3) is 0.0714. The Morgan fingerprint density at radius 3 is 2.42 bits per heavy atom. The monoisotopic (exact) mass is 343 g/mol. The number of fused-ring (bicyclic) bond motifs is 1. The molecule has 1 N–H and O–H groups in total. The highest BCUT2D eigenvalue weighted by Gasteiger charge is 2.36. The molecule has 0 aliphatic rings. The number of hydrogen-bond acceptors (Lipinski definition) is 3. The van der Waals surface area contributed by atoms with Gasteiger partial charge in [-0.05, 0) is 24.3 Å². The van der Waals surface area contributed by atoms with E-state index in [0.29, 0.717) is 16.6 Å². The highest BCUT2D eigenvalue weighted by atomic mass is 19.4. The SMILES string of the molecule is O=C(O)c1cnn2c(C(F)(F)F)cc(-c3ccc(F)c(F)c3)nc12. The molecule has 124 valence electrons. The second-order valence-corrected chi connectivity index (χ2v) is 4.75. The lowest BCUT2D eigenvalue weighted by atomic mass is 10.1. The summed E-state index contributed by atoms with van der Waals surface area (Å²) in [6.45, 7) is 0. The summed E-state index contributed by atoms with van der Waals surface area (Å²) in [5.74, 6) is -3.96. The van der Waals surface area contributed by atoms with E-state index < -0.39 is 40.7 Å². The third-order valence-electron chi connectivity index (χ3n) is 3.21. The van der Waals surface area contributed by atoms with Gasteiger partial charge >= 0.3 is 12.1 Å². The van der Waals surface area contributed by atoms with Crippen LogP contribution in [0.4, 0.5) is 22.0 Å². The van der Waals surface area contributed by atoms with Crippen LogP contribution in [-0.2, 0) is 6.18 Å². The molecule has 3 rings (SSSR count). The van der Waals surface area contributed by atoms with Gasteiger partial charge in [0, 0.05) is 5.56 Å². The second kappa shape index (κ2) is 5.25. The van der Waals surface area contributed by atoms with Gasteiger partial charge in [0.25, 0.3) is 0 Å². The fourth-order valence-electron chi connectivity index (χ4n) is 2.12. The van der Waals surface area contributed by atoms with Crippen molar-refractivity contribution in [2.75, 3.05) is 0 Å².